The maximum absolute atomic E-state index is 12.0. The SMILES string of the molecule is [2H]C([2H])ON1Cc2ccc(C(C)(C)O)cc2C1=O. The van der Waals surface area contributed by atoms with Gasteiger partial charge in [0.25, 0.3) is 5.91 Å². The summed E-state index contributed by atoms with van der Waals surface area (Å²) in [6.07, 6.45) is 0. The van der Waals surface area contributed by atoms with Gasteiger partial charge in [0, 0.05) is 5.56 Å². The number of nitrogens with zero attached hydrogens (tertiary/aromatic N) is 1. The van der Waals surface area contributed by atoms with E-state index in [4.69, 9.17) is 7.58 Å². The summed E-state index contributed by atoms with van der Waals surface area (Å²) in [5.41, 5.74) is 0.852. The zero-order chi connectivity index (χ0) is 13.5. The van der Waals surface area contributed by atoms with Gasteiger partial charge in [0.2, 0.25) is 0 Å². The van der Waals surface area contributed by atoms with Crippen molar-refractivity contribution in [1.29, 1.82) is 0 Å². The first-order chi connectivity index (χ1) is 8.29. The van der Waals surface area contributed by atoms with Gasteiger partial charge >= 0.3 is 0 Å². The van der Waals surface area contributed by atoms with E-state index in [1.807, 2.05) is 0 Å². The van der Waals surface area contributed by atoms with E-state index in [1.165, 1.54) is 0 Å². The van der Waals surface area contributed by atoms with Crippen molar-refractivity contribution < 1.29 is 17.5 Å². The molecule has 0 atom stereocenters. The zero-order valence-electron chi connectivity index (χ0n) is 11.2. The first-order valence-electron chi connectivity index (χ1n) is 6.13. The monoisotopic (exact) mass is 223 g/mol. The first kappa shape index (κ1) is 8.73. The summed E-state index contributed by atoms with van der Waals surface area (Å²) in [6.45, 7) is 3.52. The van der Waals surface area contributed by atoms with Gasteiger partial charge in [-0.2, -0.15) is 0 Å². The average Bonchev–Trinajstić information content (AvgIpc) is 2.53. The Morgan fingerprint density at radius 1 is 1.56 bits per heavy atom. The molecule has 1 aliphatic heterocycles. The highest BCUT2D eigenvalue weighted by atomic mass is 16.7. The van der Waals surface area contributed by atoms with Gasteiger partial charge in [-0.3, -0.25) is 9.63 Å². The van der Waals surface area contributed by atoms with Crippen LogP contribution < -0.4 is 0 Å². The van der Waals surface area contributed by atoms with E-state index in [9.17, 15) is 9.90 Å². The average molecular weight is 223 g/mol. The molecule has 1 heterocycles. The number of rotatable bonds is 2. The Kier molecular flexibility index (Phi) is 1.95. The molecule has 4 heteroatoms. The van der Waals surface area contributed by atoms with Crippen molar-refractivity contribution in [2.45, 2.75) is 26.0 Å². The lowest BCUT2D eigenvalue weighted by molar-refractivity contribution is -0.0956. The van der Waals surface area contributed by atoms with E-state index >= 15 is 0 Å². The lowest BCUT2D eigenvalue weighted by atomic mass is 9.95. The molecule has 1 aromatic carbocycles. The number of hydroxylamine groups is 2. The van der Waals surface area contributed by atoms with Gasteiger partial charge in [0.15, 0.2) is 0 Å². The Morgan fingerprint density at radius 3 is 2.94 bits per heavy atom. The molecular formula is C12H15NO3. The highest BCUT2D eigenvalue weighted by molar-refractivity contribution is 5.97. The maximum Gasteiger partial charge on any atom is 0.278 e. The summed E-state index contributed by atoms with van der Waals surface area (Å²) in [7, 11) is -1.53. The zero-order valence-corrected chi connectivity index (χ0v) is 9.23. The van der Waals surface area contributed by atoms with Crippen LogP contribution in [0, 0.1) is 0 Å². The fourth-order valence-electron chi connectivity index (χ4n) is 1.74. The summed E-state index contributed by atoms with van der Waals surface area (Å²) >= 11 is 0. The number of hydrogen-bond donors (Lipinski definition) is 1. The third kappa shape index (κ3) is 1.70. The lowest BCUT2D eigenvalue weighted by Gasteiger charge is -2.18. The van der Waals surface area contributed by atoms with Crippen LogP contribution >= 0.6 is 0 Å². The second-order valence-electron chi connectivity index (χ2n) is 4.38. The number of amides is 1. The molecule has 4 nitrogen and oxygen atoms in total. The molecule has 0 aromatic heterocycles. The molecule has 0 unspecified atom stereocenters. The van der Waals surface area contributed by atoms with Gasteiger partial charge in [0.05, 0.1) is 21.9 Å². The quantitative estimate of drug-likeness (QED) is 0.825. The molecule has 1 aliphatic rings. The highest BCUT2D eigenvalue weighted by Gasteiger charge is 2.29. The normalized spacial score (nSPS) is 17.5. The van der Waals surface area contributed by atoms with Crippen LogP contribution in [0.25, 0.3) is 0 Å². The van der Waals surface area contributed by atoms with E-state index in [-0.39, 0.29) is 12.5 Å². The predicted molar refractivity (Wildman–Crippen MR) is 58.6 cm³/mol. The largest absolute Gasteiger partial charge is 0.386 e. The molecule has 0 saturated heterocycles. The molecule has 2 rings (SSSR count). The molecular weight excluding hydrogens is 206 g/mol. The Balaban J connectivity index is 2.30. The minimum atomic E-state index is -1.53. The number of benzene rings is 1. The molecule has 16 heavy (non-hydrogen) atoms. The molecule has 0 radical (unpaired) electrons. The van der Waals surface area contributed by atoms with E-state index < -0.39 is 12.7 Å². The Morgan fingerprint density at radius 2 is 2.31 bits per heavy atom. The van der Waals surface area contributed by atoms with Gasteiger partial charge in [0.1, 0.15) is 0 Å². The molecule has 0 saturated carbocycles. The summed E-state index contributed by atoms with van der Waals surface area (Å²) in [6, 6.07) is 5.14. The minimum absolute atomic E-state index is 0.231. The Bertz CT molecular complexity index is 483. The van der Waals surface area contributed by atoms with Crippen molar-refractivity contribution in [2.75, 3.05) is 7.06 Å². The number of aliphatic hydroxyl groups is 1. The third-order valence-corrected chi connectivity index (χ3v) is 2.71. The van der Waals surface area contributed by atoms with Crippen LogP contribution in [0.5, 0.6) is 0 Å². The van der Waals surface area contributed by atoms with Crippen LogP contribution in [0.2, 0.25) is 0 Å². The van der Waals surface area contributed by atoms with Crippen molar-refractivity contribution in [3.63, 3.8) is 0 Å². The molecule has 1 amide bonds. The van der Waals surface area contributed by atoms with Crippen LogP contribution in [-0.4, -0.2) is 23.1 Å². The summed E-state index contributed by atoms with van der Waals surface area (Å²) < 4.78 is 14.0. The molecule has 1 aromatic rings. The van der Waals surface area contributed by atoms with Crippen LogP contribution in [0.15, 0.2) is 18.2 Å². The van der Waals surface area contributed by atoms with Crippen molar-refractivity contribution in [3.05, 3.63) is 34.9 Å². The minimum Gasteiger partial charge on any atom is -0.386 e. The number of fused-ring (bicyclic) bond motifs is 1. The Labute approximate surface area is 97.2 Å². The van der Waals surface area contributed by atoms with Gasteiger partial charge in [-0.1, -0.05) is 12.1 Å². The lowest BCUT2D eigenvalue weighted by Crippen LogP contribution is -2.22. The fourth-order valence-corrected chi connectivity index (χ4v) is 1.74. The summed E-state index contributed by atoms with van der Waals surface area (Å²) in [5.74, 6) is -0.374. The number of hydrogen-bond acceptors (Lipinski definition) is 3. The van der Waals surface area contributed by atoms with Gasteiger partial charge in [-0.25, -0.2) is 5.06 Å². The second-order valence-corrected chi connectivity index (χ2v) is 4.38. The predicted octanol–water partition coefficient (Wildman–Crippen LogP) is 1.43. The van der Waals surface area contributed by atoms with Crippen LogP contribution in [-0.2, 0) is 17.0 Å². The van der Waals surface area contributed by atoms with Crippen LogP contribution in [0.4, 0.5) is 0 Å². The van der Waals surface area contributed by atoms with Gasteiger partial charge < -0.3 is 5.11 Å². The molecule has 0 spiro atoms. The first-order valence-corrected chi connectivity index (χ1v) is 4.98. The van der Waals surface area contributed by atoms with E-state index in [0.29, 0.717) is 11.1 Å². The van der Waals surface area contributed by atoms with E-state index in [1.54, 1.807) is 32.0 Å². The maximum atomic E-state index is 12.0. The van der Waals surface area contributed by atoms with Crippen molar-refractivity contribution in [1.82, 2.24) is 5.06 Å². The standard InChI is InChI=1S/C12H15NO3/c1-12(2,15)9-5-4-8-7-13(16-3)11(14)10(8)6-9/h4-6,15H,7H2,1-3H3/i3D2. The molecule has 86 valence electrons. The van der Waals surface area contributed by atoms with Crippen LogP contribution in [0.1, 0.15) is 38.1 Å². The summed E-state index contributed by atoms with van der Waals surface area (Å²) in [4.78, 5) is 16.8. The molecule has 0 aliphatic carbocycles. The van der Waals surface area contributed by atoms with Crippen molar-refractivity contribution >= 4 is 5.91 Å². The van der Waals surface area contributed by atoms with E-state index in [0.717, 1.165) is 10.6 Å². The van der Waals surface area contributed by atoms with Gasteiger partial charge in [-0.15, -0.1) is 0 Å². The van der Waals surface area contributed by atoms with Gasteiger partial charge in [-0.05, 0) is 31.0 Å². The molecule has 0 bridgehead atoms. The van der Waals surface area contributed by atoms with E-state index in [2.05, 4.69) is 0 Å². The topological polar surface area (TPSA) is 49.8 Å². The number of carbonyl (C=O) groups excluding carboxylic acids is 1. The summed E-state index contributed by atoms with van der Waals surface area (Å²) in [5, 5.41) is 10.9. The third-order valence-electron chi connectivity index (χ3n) is 2.71. The van der Waals surface area contributed by atoms with Crippen molar-refractivity contribution in [3.8, 4) is 0 Å². The van der Waals surface area contributed by atoms with Crippen LogP contribution in [0.3, 0.4) is 0 Å². The second kappa shape index (κ2) is 3.57. The Hall–Kier alpha value is -1.39. The number of carbonyl (C=O) groups is 1. The smallest absolute Gasteiger partial charge is 0.278 e. The molecule has 0 fully saturated rings. The fraction of sp³-hybridized carbons (Fsp3) is 0.417. The van der Waals surface area contributed by atoms with Crippen molar-refractivity contribution in [2.24, 2.45) is 0 Å². The molecule has 1 N–H and O–H groups in total. The highest BCUT2D eigenvalue weighted by Crippen LogP contribution is 2.28.